The van der Waals surface area contributed by atoms with Gasteiger partial charge in [-0.2, -0.15) is 0 Å². The van der Waals surface area contributed by atoms with Crippen molar-refractivity contribution < 1.29 is 9.53 Å². The highest BCUT2D eigenvalue weighted by Gasteiger charge is 2.24. The van der Waals surface area contributed by atoms with E-state index in [4.69, 9.17) is 4.74 Å². The third-order valence-corrected chi connectivity index (χ3v) is 4.70. The van der Waals surface area contributed by atoms with E-state index in [9.17, 15) is 4.79 Å². The first-order valence-electron chi connectivity index (χ1n) is 8.61. The van der Waals surface area contributed by atoms with E-state index >= 15 is 0 Å². The lowest BCUT2D eigenvalue weighted by Gasteiger charge is -2.28. The lowest BCUT2D eigenvalue weighted by molar-refractivity contribution is -0.125. The van der Waals surface area contributed by atoms with Gasteiger partial charge in [0.15, 0.2) is 0 Å². The maximum Gasteiger partial charge on any atom is 0.223 e. The molecule has 5 heteroatoms. The number of nitrogens with zero attached hydrogens (tertiary/aromatic N) is 1. The van der Waals surface area contributed by atoms with Crippen LogP contribution in [0.3, 0.4) is 0 Å². The Morgan fingerprint density at radius 3 is 2.83 bits per heavy atom. The van der Waals surface area contributed by atoms with Gasteiger partial charge in [-0.15, -0.1) is 12.4 Å². The first-order valence-corrected chi connectivity index (χ1v) is 8.61. The van der Waals surface area contributed by atoms with Crippen molar-refractivity contribution >= 4 is 18.3 Å². The van der Waals surface area contributed by atoms with Crippen molar-refractivity contribution in [2.24, 2.45) is 5.92 Å². The van der Waals surface area contributed by atoms with Gasteiger partial charge in [0.05, 0.1) is 7.11 Å². The molecule has 24 heavy (non-hydrogen) atoms. The molecule has 1 aromatic rings. The Balaban J connectivity index is 0.00000288. The second-order valence-electron chi connectivity index (χ2n) is 6.89. The minimum absolute atomic E-state index is 0. The number of nitrogens with one attached hydrogen (secondary N) is 1. The fraction of sp³-hybridized carbons (Fsp3) is 0.632. The fourth-order valence-electron chi connectivity index (χ4n) is 3.26. The number of carbonyl (C=O) groups is 1. The SMILES string of the molecule is COc1cccc2c1CC(NC(=O)C(C)CCCN(C)C)CC2.Cl. The number of benzene rings is 1. The van der Waals surface area contributed by atoms with Gasteiger partial charge in [-0.25, -0.2) is 0 Å². The third kappa shape index (κ3) is 5.67. The highest BCUT2D eigenvalue weighted by Crippen LogP contribution is 2.29. The summed E-state index contributed by atoms with van der Waals surface area (Å²) < 4.78 is 5.47. The molecule has 2 rings (SSSR count). The van der Waals surface area contributed by atoms with Crippen LogP contribution in [0.25, 0.3) is 0 Å². The van der Waals surface area contributed by atoms with E-state index in [0.717, 1.165) is 44.4 Å². The predicted octanol–water partition coefficient (Wildman–Crippen LogP) is 3.07. The Bertz CT molecular complexity index is 520. The topological polar surface area (TPSA) is 41.6 Å². The molecular weight excluding hydrogens is 324 g/mol. The van der Waals surface area contributed by atoms with Crippen LogP contribution in [0, 0.1) is 5.92 Å². The molecule has 0 heterocycles. The number of aryl methyl sites for hydroxylation is 1. The van der Waals surface area contributed by atoms with Gasteiger partial charge in [-0.3, -0.25) is 4.79 Å². The highest BCUT2D eigenvalue weighted by atomic mass is 35.5. The largest absolute Gasteiger partial charge is 0.496 e. The molecule has 0 aromatic heterocycles. The molecule has 2 unspecified atom stereocenters. The molecule has 136 valence electrons. The molecule has 0 saturated carbocycles. The van der Waals surface area contributed by atoms with Crippen molar-refractivity contribution in [3.63, 3.8) is 0 Å². The zero-order valence-electron chi connectivity index (χ0n) is 15.3. The number of rotatable bonds is 7. The van der Waals surface area contributed by atoms with Gasteiger partial charge in [0.1, 0.15) is 5.75 Å². The molecule has 1 aliphatic rings. The van der Waals surface area contributed by atoms with Gasteiger partial charge in [-0.1, -0.05) is 19.1 Å². The number of halogens is 1. The number of amides is 1. The molecule has 0 aliphatic heterocycles. The average molecular weight is 355 g/mol. The van der Waals surface area contributed by atoms with E-state index in [1.807, 2.05) is 19.1 Å². The quantitative estimate of drug-likeness (QED) is 0.818. The molecular formula is C19H31ClN2O2. The van der Waals surface area contributed by atoms with Gasteiger partial charge in [0.2, 0.25) is 5.91 Å². The molecule has 4 nitrogen and oxygen atoms in total. The van der Waals surface area contributed by atoms with Gasteiger partial charge in [0, 0.05) is 12.0 Å². The Hall–Kier alpha value is -1.26. The van der Waals surface area contributed by atoms with Crippen molar-refractivity contribution in [3.05, 3.63) is 29.3 Å². The third-order valence-electron chi connectivity index (χ3n) is 4.70. The smallest absolute Gasteiger partial charge is 0.223 e. The number of ether oxygens (including phenoxy) is 1. The van der Waals surface area contributed by atoms with E-state index < -0.39 is 0 Å². The Morgan fingerprint density at radius 2 is 2.17 bits per heavy atom. The normalized spacial score (nSPS) is 17.6. The summed E-state index contributed by atoms with van der Waals surface area (Å²) in [5.74, 6) is 1.21. The molecule has 2 atom stereocenters. The maximum atomic E-state index is 12.4. The molecule has 0 saturated heterocycles. The second kappa shape index (κ2) is 9.90. The van der Waals surface area contributed by atoms with Crippen LogP contribution in [-0.2, 0) is 17.6 Å². The summed E-state index contributed by atoms with van der Waals surface area (Å²) in [5.41, 5.74) is 2.61. The van der Waals surface area contributed by atoms with Crippen LogP contribution in [0.4, 0.5) is 0 Å². The van der Waals surface area contributed by atoms with Crippen molar-refractivity contribution in [3.8, 4) is 5.75 Å². The van der Waals surface area contributed by atoms with E-state index in [0.29, 0.717) is 0 Å². The van der Waals surface area contributed by atoms with E-state index in [1.165, 1.54) is 11.1 Å². The molecule has 0 radical (unpaired) electrons. The summed E-state index contributed by atoms with van der Waals surface area (Å²) in [6.45, 7) is 3.06. The van der Waals surface area contributed by atoms with E-state index in [1.54, 1.807) is 7.11 Å². The van der Waals surface area contributed by atoms with Crippen LogP contribution < -0.4 is 10.1 Å². The molecule has 1 aromatic carbocycles. The molecule has 1 amide bonds. The van der Waals surface area contributed by atoms with Crippen molar-refractivity contribution in [2.45, 2.75) is 45.1 Å². The number of carbonyl (C=O) groups excluding carboxylic acids is 1. The zero-order valence-corrected chi connectivity index (χ0v) is 16.1. The Kier molecular flexibility index (Phi) is 8.57. The summed E-state index contributed by atoms with van der Waals surface area (Å²) >= 11 is 0. The monoisotopic (exact) mass is 354 g/mol. The van der Waals surface area contributed by atoms with Crippen LogP contribution >= 0.6 is 12.4 Å². The highest BCUT2D eigenvalue weighted by molar-refractivity contribution is 5.85. The van der Waals surface area contributed by atoms with Crippen LogP contribution in [-0.4, -0.2) is 44.6 Å². The first kappa shape index (κ1) is 20.8. The number of hydrogen-bond acceptors (Lipinski definition) is 3. The van der Waals surface area contributed by atoms with Crippen molar-refractivity contribution in [1.82, 2.24) is 10.2 Å². The van der Waals surface area contributed by atoms with Crippen molar-refractivity contribution in [2.75, 3.05) is 27.7 Å². The number of hydrogen-bond donors (Lipinski definition) is 1. The van der Waals surface area contributed by atoms with Gasteiger partial charge < -0.3 is 15.0 Å². The lowest BCUT2D eigenvalue weighted by atomic mass is 9.87. The Morgan fingerprint density at radius 1 is 1.42 bits per heavy atom. The molecule has 1 aliphatic carbocycles. The summed E-state index contributed by atoms with van der Waals surface area (Å²) in [6, 6.07) is 6.44. The van der Waals surface area contributed by atoms with E-state index in [2.05, 4.69) is 30.4 Å². The summed E-state index contributed by atoms with van der Waals surface area (Å²) in [7, 11) is 5.85. The number of methoxy groups -OCH3 is 1. The summed E-state index contributed by atoms with van der Waals surface area (Å²) in [6.07, 6.45) is 4.89. The second-order valence-corrected chi connectivity index (χ2v) is 6.89. The fourth-order valence-corrected chi connectivity index (χ4v) is 3.26. The van der Waals surface area contributed by atoms with Crippen molar-refractivity contribution in [1.29, 1.82) is 0 Å². The summed E-state index contributed by atoms with van der Waals surface area (Å²) in [4.78, 5) is 14.6. The lowest BCUT2D eigenvalue weighted by Crippen LogP contribution is -2.41. The van der Waals surface area contributed by atoms with Crippen LogP contribution in [0.5, 0.6) is 5.75 Å². The molecule has 0 spiro atoms. The van der Waals surface area contributed by atoms with Gasteiger partial charge >= 0.3 is 0 Å². The molecule has 1 N–H and O–H groups in total. The molecule has 0 bridgehead atoms. The average Bonchev–Trinajstić information content (AvgIpc) is 2.53. The first-order chi connectivity index (χ1) is 11.0. The van der Waals surface area contributed by atoms with Gasteiger partial charge in [-0.05, 0) is 69.9 Å². The minimum Gasteiger partial charge on any atom is -0.496 e. The standard InChI is InChI=1S/C19H30N2O2.ClH/c1-14(7-6-12-21(2)3)19(22)20-16-11-10-15-8-5-9-18(23-4)17(15)13-16;/h5,8-9,14,16H,6-7,10-13H2,1-4H3,(H,20,22);1H. The van der Waals surface area contributed by atoms with Crippen LogP contribution in [0.2, 0.25) is 0 Å². The maximum absolute atomic E-state index is 12.4. The van der Waals surface area contributed by atoms with Crippen LogP contribution in [0.15, 0.2) is 18.2 Å². The zero-order chi connectivity index (χ0) is 16.8. The number of fused-ring (bicyclic) bond motifs is 1. The Labute approximate surface area is 152 Å². The van der Waals surface area contributed by atoms with Gasteiger partial charge in [0.25, 0.3) is 0 Å². The van der Waals surface area contributed by atoms with E-state index in [-0.39, 0.29) is 30.3 Å². The molecule has 0 fully saturated rings. The minimum atomic E-state index is 0. The van der Waals surface area contributed by atoms with Crippen LogP contribution in [0.1, 0.15) is 37.3 Å². The predicted molar refractivity (Wildman–Crippen MR) is 101 cm³/mol. The summed E-state index contributed by atoms with van der Waals surface area (Å²) in [5, 5.41) is 3.24.